The molecule has 2 saturated heterocycles. The molecule has 2 aromatic carbocycles. The SMILES string of the molecule is C[C@@H]1OC(=O)[C@@H](NC(=O)OC(C)(C)C)CCC[C@H](CCO)[C@H]1Oc1ccccc1.C[C@@H]1OC(=O)[C@@H](NC(=O)OC(C)(C)C)CCC[C@H](CCO[Si](C)(C)C(C)(C)C)[C@H]1Oc1ccccc1. The predicted octanol–water partition coefficient (Wildman–Crippen LogP) is 9.91. The highest BCUT2D eigenvalue weighted by Gasteiger charge is 2.40. The third kappa shape index (κ3) is 19.6. The standard InChI is InChI=1S/C28H47NO6Si.C22H33NO6/c1-20-24(34-22-15-11-10-12-16-22)21(18-19-32-36(8,9)28(5,6)7)14-13-17-23(25(30)33-20)29-26(31)35-27(2,3)4;1-15-19(28-17-10-6-5-7-11-17)16(13-14-24)9-8-12-18(20(25)27-15)23-21(26)29-22(2,3)4/h10-12,15-16,20-21,23-24H,13-14,17-19H2,1-9H3,(H,29,31);5-7,10-11,15-16,18-19,24H,8-9,12-14H2,1-4H3,(H,23,26)/t20-,21+,23-,24-;15-,16+,18-,19-/m00/s1. The van der Waals surface area contributed by atoms with Gasteiger partial charge in [0.2, 0.25) is 0 Å². The Kier molecular flexibility index (Phi) is 21.1. The Hall–Kier alpha value is -4.34. The Morgan fingerprint density at radius 1 is 0.646 bits per heavy atom. The molecule has 65 heavy (non-hydrogen) atoms. The number of aliphatic hydroxyl groups is 1. The van der Waals surface area contributed by atoms with E-state index in [9.17, 15) is 24.3 Å². The molecule has 4 rings (SSSR count). The van der Waals surface area contributed by atoms with E-state index in [0.717, 1.165) is 31.4 Å². The minimum Gasteiger partial charge on any atom is -0.486 e. The molecule has 0 aromatic heterocycles. The Labute approximate surface area is 389 Å². The molecule has 2 aromatic rings. The van der Waals surface area contributed by atoms with E-state index >= 15 is 0 Å². The summed E-state index contributed by atoms with van der Waals surface area (Å²) in [6, 6.07) is 17.4. The van der Waals surface area contributed by atoms with Crippen LogP contribution >= 0.6 is 0 Å². The molecule has 2 heterocycles. The molecule has 0 aliphatic carbocycles. The van der Waals surface area contributed by atoms with Crippen molar-refractivity contribution < 1.29 is 57.1 Å². The van der Waals surface area contributed by atoms with E-state index in [1.54, 1.807) is 48.5 Å². The first-order valence-electron chi connectivity index (χ1n) is 23.4. The smallest absolute Gasteiger partial charge is 0.408 e. The van der Waals surface area contributed by atoms with Gasteiger partial charge in [0.15, 0.2) is 8.32 Å². The summed E-state index contributed by atoms with van der Waals surface area (Å²) in [7, 11) is -1.88. The summed E-state index contributed by atoms with van der Waals surface area (Å²) in [6.45, 7) is 26.2. The fraction of sp³-hybridized carbons (Fsp3) is 0.680. The summed E-state index contributed by atoms with van der Waals surface area (Å²) in [4.78, 5) is 50.2. The van der Waals surface area contributed by atoms with Crippen molar-refractivity contribution in [3.63, 3.8) is 0 Å². The molecule has 15 heteroatoms. The third-order valence-electron chi connectivity index (χ3n) is 11.8. The van der Waals surface area contributed by atoms with E-state index in [0.29, 0.717) is 38.0 Å². The van der Waals surface area contributed by atoms with Crippen LogP contribution in [0.25, 0.3) is 0 Å². The summed E-state index contributed by atoms with van der Waals surface area (Å²) >= 11 is 0. The molecular weight excluding hydrogens is 849 g/mol. The molecule has 0 bridgehead atoms. The Bertz CT molecular complexity index is 1760. The number of carbonyl (C=O) groups excluding carboxylic acids is 4. The van der Waals surface area contributed by atoms with Crippen LogP contribution in [0.1, 0.15) is 128 Å². The quantitative estimate of drug-likeness (QED) is 0.104. The van der Waals surface area contributed by atoms with Crippen LogP contribution in [0.5, 0.6) is 11.5 Å². The van der Waals surface area contributed by atoms with Gasteiger partial charge in [0.05, 0.1) is 0 Å². The lowest BCUT2D eigenvalue weighted by Gasteiger charge is -2.37. The highest BCUT2D eigenvalue weighted by Crippen LogP contribution is 2.37. The van der Waals surface area contributed by atoms with Crippen molar-refractivity contribution in [2.45, 2.75) is 193 Å². The van der Waals surface area contributed by atoms with E-state index in [1.165, 1.54) is 0 Å². The summed E-state index contributed by atoms with van der Waals surface area (Å²) in [5.41, 5.74) is -1.30. The zero-order valence-electron chi connectivity index (χ0n) is 41.4. The monoisotopic (exact) mass is 929 g/mol. The number of amides is 2. The highest BCUT2D eigenvalue weighted by atomic mass is 28.4. The molecular formula is C50H80N2O12Si. The normalized spacial score (nSPS) is 24.8. The number of hydrogen-bond donors (Lipinski definition) is 3. The van der Waals surface area contributed by atoms with Crippen LogP contribution in [0, 0.1) is 11.8 Å². The third-order valence-corrected chi connectivity index (χ3v) is 16.4. The number of ether oxygens (including phenoxy) is 6. The first kappa shape index (κ1) is 55.0. The van der Waals surface area contributed by atoms with Crippen LogP contribution < -0.4 is 20.1 Å². The lowest BCUT2D eigenvalue weighted by Crippen LogP contribution is -2.46. The fourth-order valence-electron chi connectivity index (χ4n) is 7.49. The van der Waals surface area contributed by atoms with Crippen molar-refractivity contribution in [3.05, 3.63) is 60.7 Å². The fourth-order valence-corrected chi connectivity index (χ4v) is 8.55. The van der Waals surface area contributed by atoms with Gasteiger partial charge in [-0.1, -0.05) is 70.0 Å². The van der Waals surface area contributed by atoms with Gasteiger partial charge in [0, 0.05) is 25.0 Å². The van der Waals surface area contributed by atoms with E-state index < -0.39 is 74.0 Å². The Morgan fingerprint density at radius 2 is 1.03 bits per heavy atom. The zero-order chi connectivity index (χ0) is 48.6. The number of hydrogen-bond acceptors (Lipinski definition) is 12. The second-order valence-electron chi connectivity index (χ2n) is 20.8. The molecule has 3 N–H and O–H groups in total. The van der Waals surface area contributed by atoms with E-state index in [1.807, 2.05) is 67.6 Å². The number of esters is 2. The lowest BCUT2D eigenvalue weighted by atomic mass is 9.89. The van der Waals surface area contributed by atoms with Crippen LogP contribution in [-0.2, 0) is 33.0 Å². The summed E-state index contributed by atoms with van der Waals surface area (Å²) in [5, 5.41) is 15.0. The molecule has 14 nitrogen and oxygen atoms in total. The second kappa shape index (κ2) is 25.0. The molecule has 366 valence electrons. The largest absolute Gasteiger partial charge is 0.486 e. The number of nitrogens with one attached hydrogen (secondary N) is 2. The average Bonchev–Trinajstić information content (AvgIpc) is 3.27. The maximum atomic E-state index is 13.0. The number of rotatable bonds is 12. The number of carbonyl (C=O) groups is 4. The maximum absolute atomic E-state index is 13.0. The minimum atomic E-state index is -1.88. The number of alkyl carbamates (subject to hydrolysis) is 2. The van der Waals surface area contributed by atoms with Gasteiger partial charge < -0.3 is 48.6 Å². The van der Waals surface area contributed by atoms with Crippen LogP contribution in [0.2, 0.25) is 18.1 Å². The highest BCUT2D eigenvalue weighted by molar-refractivity contribution is 6.74. The van der Waals surface area contributed by atoms with Gasteiger partial charge >= 0.3 is 24.1 Å². The summed E-state index contributed by atoms with van der Waals surface area (Å²) in [6.07, 6.45) is 2.21. The number of benzene rings is 2. The van der Waals surface area contributed by atoms with Crippen LogP contribution in [0.15, 0.2) is 60.7 Å². The van der Waals surface area contributed by atoms with Crippen molar-refractivity contribution in [2.75, 3.05) is 13.2 Å². The summed E-state index contributed by atoms with van der Waals surface area (Å²) in [5.74, 6) is 0.596. The first-order chi connectivity index (χ1) is 30.3. The van der Waals surface area contributed by atoms with Gasteiger partial charge in [-0.25, -0.2) is 19.2 Å². The number of cyclic esters (lactones) is 2. The second-order valence-corrected chi connectivity index (χ2v) is 25.6. The van der Waals surface area contributed by atoms with Gasteiger partial charge in [-0.2, -0.15) is 0 Å². The van der Waals surface area contributed by atoms with Gasteiger partial charge in [-0.15, -0.1) is 0 Å². The molecule has 0 saturated carbocycles. The van der Waals surface area contributed by atoms with Crippen molar-refractivity contribution in [3.8, 4) is 11.5 Å². The molecule has 0 spiro atoms. The van der Waals surface area contributed by atoms with Gasteiger partial charge in [-0.05, 0) is 136 Å². The van der Waals surface area contributed by atoms with Crippen LogP contribution in [0.3, 0.4) is 0 Å². The van der Waals surface area contributed by atoms with Crippen molar-refractivity contribution in [1.82, 2.24) is 10.6 Å². The van der Waals surface area contributed by atoms with Crippen molar-refractivity contribution in [1.29, 1.82) is 0 Å². The molecule has 2 aliphatic rings. The zero-order valence-corrected chi connectivity index (χ0v) is 42.4. The summed E-state index contributed by atoms with van der Waals surface area (Å²) < 4.78 is 41.2. The Morgan fingerprint density at radius 3 is 1.38 bits per heavy atom. The number of aliphatic hydroxyl groups excluding tert-OH is 1. The number of para-hydroxylation sites is 2. The van der Waals surface area contributed by atoms with Gasteiger partial charge in [0.25, 0.3) is 0 Å². The topological polar surface area (TPSA) is 177 Å². The predicted molar refractivity (Wildman–Crippen MR) is 253 cm³/mol. The van der Waals surface area contributed by atoms with Gasteiger partial charge in [-0.3, -0.25) is 0 Å². The molecule has 2 amide bonds. The first-order valence-corrected chi connectivity index (χ1v) is 26.3. The van der Waals surface area contributed by atoms with E-state index in [-0.39, 0.29) is 29.6 Å². The molecule has 0 radical (unpaired) electrons. The molecule has 0 unspecified atom stereocenters. The van der Waals surface area contributed by atoms with Crippen molar-refractivity contribution >= 4 is 32.4 Å². The Balaban J connectivity index is 0.000000353. The van der Waals surface area contributed by atoms with Crippen LogP contribution in [-0.4, -0.2) is 98.5 Å². The van der Waals surface area contributed by atoms with Gasteiger partial charge in [0.1, 0.15) is 59.2 Å². The molecule has 8 atom stereocenters. The van der Waals surface area contributed by atoms with Crippen molar-refractivity contribution in [2.24, 2.45) is 11.8 Å². The minimum absolute atomic E-state index is 0.0169. The van der Waals surface area contributed by atoms with Crippen LogP contribution in [0.4, 0.5) is 9.59 Å². The maximum Gasteiger partial charge on any atom is 0.408 e. The lowest BCUT2D eigenvalue weighted by molar-refractivity contribution is -0.157. The van der Waals surface area contributed by atoms with E-state index in [2.05, 4.69) is 44.5 Å². The molecule has 2 aliphatic heterocycles. The average molecular weight is 929 g/mol. The molecule has 2 fully saturated rings. The van der Waals surface area contributed by atoms with E-state index in [4.69, 9.17) is 32.8 Å².